The molecule has 2 atom stereocenters. The third kappa shape index (κ3) is 3.45. The van der Waals surface area contributed by atoms with Crippen molar-refractivity contribution in [1.29, 1.82) is 0 Å². The third-order valence-electron chi connectivity index (χ3n) is 6.27. The number of thiocarbonyl (C=S) groups is 1. The van der Waals surface area contributed by atoms with Gasteiger partial charge in [-0.25, -0.2) is 0 Å². The van der Waals surface area contributed by atoms with Gasteiger partial charge in [0.15, 0.2) is 5.11 Å². The molecule has 2 fully saturated rings. The van der Waals surface area contributed by atoms with E-state index in [1.807, 2.05) is 30.5 Å². The number of hydrogen-bond donors (Lipinski definition) is 1. The van der Waals surface area contributed by atoms with Crippen LogP contribution in [-0.2, 0) is 0 Å². The molecule has 5 rings (SSSR count). The summed E-state index contributed by atoms with van der Waals surface area (Å²) in [7, 11) is 1.68. The molecular weight excluding hydrogens is 392 g/mol. The first-order valence-electron chi connectivity index (χ1n) is 10.6. The Balaban J connectivity index is 1.55. The largest absolute Gasteiger partial charge is 0.497 e. The van der Waals surface area contributed by atoms with Crippen LogP contribution in [0.15, 0.2) is 67.1 Å². The maximum atomic E-state index is 5.80. The zero-order valence-electron chi connectivity index (χ0n) is 17.1. The van der Waals surface area contributed by atoms with Crippen molar-refractivity contribution in [3.63, 3.8) is 0 Å². The fourth-order valence-corrected chi connectivity index (χ4v) is 5.10. The van der Waals surface area contributed by atoms with Gasteiger partial charge >= 0.3 is 0 Å². The normalized spacial score (nSPS) is 21.8. The van der Waals surface area contributed by atoms with Crippen LogP contribution in [0.25, 0.3) is 0 Å². The number of benzene rings is 1. The number of nitrogens with one attached hydrogen (secondary N) is 1. The SMILES string of the molecule is COc1ccc(N2C(=S)NC(c3ccccn3)C2c2ccn(C3CCCC3)c2)cc1. The zero-order chi connectivity index (χ0) is 20.5. The summed E-state index contributed by atoms with van der Waals surface area (Å²) in [6.45, 7) is 0. The van der Waals surface area contributed by atoms with Crippen LogP contribution in [0.5, 0.6) is 5.75 Å². The van der Waals surface area contributed by atoms with Gasteiger partial charge in [-0.3, -0.25) is 4.98 Å². The Hall–Kier alpha value is -2.86. The fraction of sp³-hybridized carbons (Fsp3) is 0.333. The molecule has 5 nitrogen and oxygen atoms in total. The number of hydrogen-bond acceptors (Lipinski definition) is 3. The lowest BCUT2D eigenvalue weighted by Gasteiger charge is -2.27. The first-order valence-corrected chi connectivity index (χ1v) is 11.0. The molecule has 6 heteroatoms. The Bertz CT molecular complexity index is 1010. The average molecular weight is 419 g/mol. The van der Waals surface area contributed by atoms with E-state index in [1.165, 1.54) is 31.2 Å². The Morgan fingerprint density at radius 2 is 1.87 bits per heavy atom. The molecule has 3 aromatic rings. The number of aromatic nitrogens is 2. The van der Waals surface area contributed by atoms with Gasteiger partial charge in [0, 0.05) is 30.3 Å². The molecule has 2 aromatic heterocycles. The highest BCUT2D eigenvalue weighted by Crippen LogP contribution is 2.42. The van der Waals surface area contributed by atoms with E-state index in [4.69, 9.17) is 17.0 Å². The molecule has 0 radical (unpaired) electrons. The maximum Gasteiger partial charge on any atom is 0.174 e. The number of ether oxygens (including phenoxy) is 1. The molecule has 1 aliphatic heterocycles. The van der Waals surface area contributed by atoms with E-state index in [0.29, 0.717) is 6.04 Å². The molecular formula is C24H26N4OS. The van der Waals surface area contributed by atoms with Crippen LogP contribution in [0.4, 0.5) is 5.69 Å². The van der Waals surface area contributed by atoms with E-state index in [-0.39, 0.29) is 12.1 Å². The molecule has 1 aromatic carbocycles. The summed E-state index contributed by atoms with van der Waals surface area (Å²) in [5.74, 6) is 0.835. The van der Waals surface area contributed by atoms with E-state index >= 15 is 0 Å². The quantitative estimate of drug-likeness (QED) is 0.578. The molecule has 1 N–H and O–H groups in total. The van der Waals surface area contributed by atoms with E-state index in [0.717, 1.165) is 22.2 Å². The second kappa shape index (κ2) is 8.11. The van der Waals surface area contributed by atoms with Crippen molar-refractivity contribution in [2.24, 2.45) is 0 Å². The van der Waals surface area contributed by atoms with Crippen LogP contribution in [0, 0.1) is 0 Å². The highest BCUT2D eigenvalue weighted by Gasteiger charge is 2.41. The molecule has 3 heterocycles. The molecule has 1 saturated heterocycles. The van der Waals surface area contributed by atoms with Crippen LogP contribution < -0.4 is 15.0 Å². The number of nitrogens with zero attached hydrogens (tertiary/aromatic N) is 3. The standard InChI is InChI=1S/C24H26N4OS/c1-29-20-11-9-19(10-12-20)28-23(17-13-15-27(16-17)18-6-2-3-7-18)22(26-24(28)30)21-8-4-5-14-25-21/h4-5,8-16,18,22-23H,2-3,6-7H2,1H3,(H,26,30). The van der Waals surface area contributed by atoms with Crippen LogP contribution in [0.1, 0.15) is 55.1 Å². The highest BCUT2D eigenvalue weighted by atomic mass is 32.1. The Kier molecular flexibility index (Phi) is 5.17. The van der Waals surface area contributed by atoms with Crippen molar-refractivity contribution in [3.8, 4) is 5.75 Å². The first-order chi connectivity index (χ1) is 14.7. The van der Waals surface area contributed by atoms with Crippen molar-refractivity contribution >= 4 is 23.0 Å². The lowest BCUT2D eigenvalue weighted by Crippen LogP contribution is -2.29. The minimum absolute atomic E-state index is 0.0137. The third-order valence-corrected chi connectivity index (χ3v) is 6.59. The Labute approximate surface area is 182 Å². The average Bonchev–Trinajstić information content (AvgIpc) is 3.54. The van der Waals surface area contributed by atoms with Crippen LogP contribution in [0.3, 0.4) is 0 Å². The predicted molar refractivity (Wildman–Crippen MR) is 123 cm³/mol. The van der Waals surface area contributed by atoms with Crippen molar-refractivity contribution in [2.45, 2.75) is 43.8 Å². The smallest absolute Gasteiger partial charge is 0.174 e. The summed E-state index contributed by atoms with van der Waals surface area (Å²) < 4.78 is 7.73. The topological polar surface area (TPSA) is 42.3 Å². The minimum Gasteiger partial charge on any atom is -0.497 e. The Morgan fingerprint density at radius 1 is 1.07 bits per heavy atom. The number of pyridine rings is 1. The summed E-state index contributed by atoms with van der Waals surface area (Å²) in [5, 5.41) is 4.25. The maximum absolute atomic E-state index is 5.80. The van der Waals surface area contributed by atoms with E-state index in [2.05, 4.69) is 56.4 Å². The highest BCUT2D eigenvalue weighted by molar-refractivity contribution is 7.80. The Morgan fingerprint density at radius 3 is 2.57 bits per heavy atom. The summed E-state index contributed by atoms with van der Waals surface area (Å²) in [5.41, 5.74) is 3.29. The lowest BCUT2D eigenvalue weighted by molar-refractivity contribution is 0.415. The van der Waals surface area contributed by atoms with Gasteiger partial charge in [-0.15, -0.1) is 0 Å². The van der Waals surface area contributed by atoms with Gasteiger partial charge in [0.25, 0.3) is 0 Å². The zero-order valence-corrected chi connectivity index (χ0v) is 17.9. The summed E-state index contributed by atoms with van der Waals surface area (Å²) in [4.78, 5) is 6.85. The summed E-state index contributed by atoms with van der Waals surface area (Å²) in [6, 6.07) is 17.0. The monoisotopic (exact) mass is 418 g/mol. The van der Waals surface area contributed by atoms with Gasteiger partial charge in [0.2, 0.25) is 0 Å². The molecule has 2 unspecified atom stereocenters. The van der Waals surface area contributed by atoms with Crippen molar-refractivity contribution in [2.75, 3.05) is 12.0 Å². The summed E-state index contributed by atoms with van der Waals surface area (Å²) in [6.07, 6.45) is 11.6. The van der Waals surface area contributed by atoms with Gasteiger partial charge < -0.3 is 19.5 Å². The molecule has 30 heavy (non-hydrogen) atoms. The van der Waals surface area contributed by atoms with Gasteiger partial charge in [0.1, 0.15) is 5.75 Å². The lowest BCUT2D eigenvalue weighted by atomic mass is 9.98. The van der Waals surface area contributed by atoms with E-state index in [1.54, 1.807) is 7.11 Å². The molecule has 0 spiro atoms. The van der Waals surface area contributed by atoms with Crippen molar-refractivity contribution < 1.29 is 4.74 Å². The minimum atomic E-state index is -0.0137. The predicted octanol–water partition coefficient (Wildman–Crippen LogP) is 5.18. The van der Waals surface area contributed by atoms with E-state index < -0.39 is 0 Å². The van der Waals surface area contributed by atoms with Gasteiger partial charge in [-0.05, 0) is 73.1 Å². The molecule has 1 saturated carbocycles. The molecule has 154 valence electrons. The fourth-order valence-electron chi connectivity index (χ4n) is 4.75. The van der Waals surface area contributed by atoms with Gasteiger partial charge in [-0.2, -0.15) is 0 Å². The second-order valence-electron chi connectivity index (χ2n) is 8.02. The second-order valence-corrected chi connectivity index (χ2v) is 8.41. The first kappa shape index (κ1) is 19.1. The molecule has 2 aliphatic rings. The van der Waals surface area contributed by atoms with Crippen LogP contribution >= 0.6 is 12.2 Å². The van der Waals surface area contributed by atoms with Crippen LogP contribution in [-0.4, -0.2) is 21.8 Å². The number of anilines is 1. The summed E-state index contributed by atoms with van der Waals surface area (Å²) >= 11 is 5.80. The molecule has 0 bridgehead atoms. The van der Waals surface area contributed by atoms with Crippen molar-refractivity contribution in [3.05, 3.63) is 78.4 Å². The van der Waals surface area contributed by atoms with Gasteiger partial charge in [-0.1, -0.05) is 18.9 Å². The molecule has 1 aliphatic carbocycles. The van der Waals surface area contributed by atoms with E-state index in [9.17, 15) is 0 Å². The van der Waals surface area contributed by atoms with Gasteiger partial charge in [0.05, 0.1) is 24.9 Å². The number of rotatable bonds is 5. The van der Waals surface area contributed by atoms with Crippen LogP contribution in [0.2, 0.25) is 0 Å². The van der Waals surface area contributed by atoms with Crippen molar-refractivity contribution in [1.82, 2.24) is 14.9 Å². The molecule has 0 amide bonds. The number of methoxy groups -OCH3 is 1.